The maximum absolute atomic E-state index is 11.1. The number of aldehydes is 1. The van der Waals surface area contributed by atoms with Crippen LogP contribution in [0, 0.1) is 12.8 Å². The Labute approximate surface area is 97.9 Å². The fraction of sp³-hybridized carbons (Fsp3) is 0.533. The van der Waals surface area contributed by atoms with Crippen LogP contribution in [-0.4, -0.2) is 6.29 Å². The first-order chi connectivity index (χ1) is 7.74. The van der Waals surface area contributed by atoms with Gasteiger partial charge in [0.2, 0.25) is 0 Å². The predicted molar refractivity (Wildman–Crippen MR) is 66.9 cm³/mol. The summed E-state index contributed by atoms with van der Waals surface area (Å²) in [7, 11) is 0. The minimum atomic E-state index is 0.593. The Morgan fingerprint density at radius 1 is 1.25 bits per heavy atom. The molecule has 1 heteroatoms. The fourth-order valence-electron chi connectivity index (χ4n) is 3.06. The van der Waals surface area contributed by atoms with Crippen molar-refractivity contribution in [1.82, 2.24) is 0 Å². The maximum atomic E-state index is 11.1. The monoisotopic (exact) mass is 216 g/mol. The Kier molecular flexibility index (Phi) is 3.42. The van der Waals surface area contributed by atoms with E-state index in [0.717, 1.165) is 11.8 Å². The maximum Gasteiger partial charge on any atom is 0.150 e. The number of hydrogen-bond donors (Lipinski definition) is 0. The van der Waals surface area contributed by atoms with Crippen LogP contribution in [0.15, 0.2) is 18.2 Å². The van der Waals surface area contributed by atoms with E-state index in [0.29, 0.717) is 11.8 Å². The van der Waals surface area contributed by atoms with Gasteiger partial charge in [0, 0.05) is 5.56 Å². The molecule has 0 saturated heterocycles. The summed E-state index contributed by atoms with van der Waals surface area (Å²) in [5.41, 5.74) is 3.49. The van der Waals surface area contributed by atoms with Gasteiger partial charge in [-0.2, -0.15) is 0 Å². The molecule has 2 rings (SSSR count). The van der Waals surface area contributed by atoms with Crippen molar-refractivity contribution in [2.24, 2.45) is 5.92 Å². The Bertz CT molecular complexity index is 381. The van der Waals surface area contributed by atoms with Gasteiger partial charge < -0.3 is 0 Å². The normalized spacial score (nSPS) is 25.4. The fourth-order valence-corrected chi connectivity index (χ4v) is 3.06. The Morgan fingerprint density at radius 2 is 2.00 bits per heavy atom. The predicted octanol–water partition coefficient (Wildman–Crippen LogP) is 4.10. The summed E-state index contributed by atoms with van der Waals surface area (Å²) in [5, 5.41) is 0. The molecule has 1 nitrogen and oxygen atoms in total. The Morgan fingerprint density at radius 3 is 2.69 bits per heavy atom. The highest BCUT2D eigenvalue weighted by Gasteiger charge is 2.25. The summed E-state index contributed by atoms with van der Waals surface area (Å²) in [4.78, 5) is 11.1. The molecule has 1 aromatic rings. The van der Waals surface area contributed by atoms with Crippen molar-refractivity contribution in [3.05, 3.63) is 34.9 Å². The van der Waals surface area contributed by atoms with Gasteiger partial charge in [0.15, 0.2) is 0 Å². The van der Waals surface area contributed by atoms with Crippen LogP contribution in [0.3, 0.4) is 0 Å². The number of hydrogen-bond acceptors (Lipinski definition) is 1. The lowest BCUT2D eigenvalue weighted by Gasteiger charge is -2.31. The minimum absolute atomic E-state index is 0.593. The molecule has 1 aromatic carbocycles. The molecule has 0 heterocycles. The summed E-state index contributed by atoms with van der Waals surface area (Å²) in [6, 6.07) is 6.07. The third-order valence-electron chi connectivity index (χ3n) is 3.97. The van der Waals surface area contributed by atoms with E-state index in [1.807, 2.05) is 12.1 Å². The van der Waals surface area contributed by atoms with Crippen molar-refractivity contribution >= 4 is 6.29 Å². The average Bonchev–Trinajstić information content (AvgIpc) is 2.30. The van der Waals surface area contributed by atoms with Gasteiger partial charge >= 0.3 is 0 Å². The van der Waals surface area contributed by atoms with Crippen molar-refractivity contribution in [3.8, 4) is 0 Å². The topological polar surface area (TPSA) is 17.1 Å². The van der Waals surface area contributed by atoms with Gasteiger partial charge in [-0.3, -0.25) is 4.79 Å². The summed E-state index contributed by atoms with van der Waals surface area (Å²) in [5.74, 6) is 1.31. The molecule has 1 aliphatic rings. The first kappa shape index (κ1) is 11.4. The van der Waals surface area contributed by atoms with Gasteiger partial charge in [-0.05, 0) is 36.3 Å². The van der Waals surface area contributed by atoms with Crippen molar-refractivity contribution in [3.63, 3.8) is 0 Å². The standard InChI is InChI=1S/C15H20O/c1-11-6-3-4-9-14(11)15-12(2)7-5-8-13(15)10-16/h5,7-8,10-11,14H,3-4,6,9H2,1-2H3. The molecule has 2 unspecified atom stereocenters. The van der Waals surface area contributed by atoms with Crippen molar-refractivity contribution in [1.29, 1.82) is 0 Å². The quantitative estimate of drug-likeness (QED) is 0.680. The van der Waals surface area contributed by atoms with Gasteiger partial charge in [-0.25, -0.2) is 0 Å². The van der Waals surface area contributed by atoms with Crippen molar-refractivity contribution in [2.75, 3.05) is 0 Å². The highest BCUT2D eigenvalue weighted by atomic mass is 16.1. The summed E-state index contributed by atoms with van der Waals surface area (Å²) >= 11 is 0. The molecule has 0 aliphatic heterocycles. The van der Waals surface area contributed by atoms with Crippen LogP contribution in [0.2, 0.25) is 0 Å². The van der Waals surface area contributed by atoms with Crippen molar-refractivity contribution in [2.45, 2.75) is 45.4 Å². The smallest absolute Gasteiger partial charge is 0.150 e. The number of aryl methyl sites for hydroxylation is 1. The minimum Gasteiger partial charge on any atom is -0.298 e. The molecule has 86 valence electrons. The molecule has 0 amide bonds. The van der Waals surface area contributed by atoms with Crippen LogP contribution in [-0.2, 0) is 0 Å². The third kappa shape index (κ3) is 2.04. The van der Waals surface area contributed by atoms with Gasteiger partial charge in [0.05, 0.1) is 0 Å². The lowest BCUT2D eigenvalue weighted by atomic mass is 9.74. The second-order valence-corrected chi connectivity index (χ2v) is 5.06. The first-order valence-corrected chi connectivity index (χ1v) is 6.28. The number of carbonyl (C=O) groups excluding carboxylic acids is 1. The molecule has 1 saturated carbocycles. The van der Waals surface area contributed by atoms with E-state index in [4.69, 9.17) is 0 Å². The Balaban J connectivity index is 2.41. The second kappa shape index (κ2) is 4.82. The van der Waals surface area contributed by atoms with E-state index in [1.165, 1.54) is 36.8 Å². The zero-order valence-corrected chi connectivity index (χ0v) is 10.2. The van der Waals surface area contributed by atoms with Crippen molar-refractivity contribution < 1.29 is 4.79 Å². The molecule has 0 spiro atoms. The van der Waals surface area contributed by atoms with Crippen LogP contribution < -0.4 is 0 Å². The van der Waals surface area contributed by atoms with Gasteiger partial charge in [0.25, 0.3) is 0 Å². The van der Waals surface area contributed by atoms with Crippen LogP contribution in [0.4, 0.5) is 0 Å². The molecule has 0 radical (unpaired) electrons. The van der Waals surface area contributed by atoms with E-state index in [1.54, 1.807) is 0 Å². The molecule has 16 heavy (non-hydrogen) atoms. The molecular weight excluding hydrogens is 196 g/mol. The van der Waals surface area contributed by atoms with Gasteiger partial charge in [0.1, 0.15) is 6.29 Å². The Hall–Kier alpha value is -1.11. The number of carbonyl (C=O) groups is 1. The molecule has 1 aliphatic carbocycles. The summed E-state index contributed by atoms with van der Waals surface area (Å²) < 4.78 is 0. The number of rotatable bonds is 2. The SMILES string of the molecule is Cc1cccc(C=O)c1C1CCCCC1C. The largest absolute Gasteiger partial charge is 0.298 e. The van der Waals surface area contributed by atoms with Crippen LogP contribution in [0.5, 0.6) is 0 Å². The molecule has 0 N–H and O–H groups in total. The number of benzene rings is 1. The molecule has 0 bridgehead atoms. The van der Waals surface area contributed by atoms with Crippen LogP contribution in [0.25, 0.3) is 0 Å². The summed E-state index contributed by atoms with van der Waals surface area (Å²) in [6.45, 7) is 4.45. The lowest BCUT2D eigenvalue weighted by Crippen LogP contribution is -2.17. The highest BCUT2D eigenvalue weighted by Crippen LogP contribution is 2.39. The van der Waals surface area contributed by atoms with Crippen LogP contribution in [0.1, 0.15) is 60.0 Å². The zero-order valence-electron chi connectivity index (χ0n) is 10.2. The van der Waals surface area contributed by atoms with E-state index in [9.17, 15) is 4.79 Å². The molecule has 2 atom stereocenters. The molecular formula is C15H20O. The molecule has 1 fully saturated rings. The van der Waals surface area contributed by atoms with Gasteiger partial charge in [-0.1, -0.05) is 44.4 Å². The van der Waals surface area contributed by atoms with Crippen LogP contribution >= 0.6 is 0 Å². The van der Waals surface area contributed by atoms with E-state index in [-0.39, 0.29) is 0 Å². The average molecular weight is 216 g/mol. The summed E-state index contributed by atoms with van der Waals surface area (Å²) in [6.07, 6.45) is 6.22. The van der Waals surface area contributed by atoms with E-state index in [2.05, 4.69) is 19.9 Å². The zero-order chi connectivity index (χ0) is 11.5. The lowest BCUT2D eigenvalue weighted by molar-refractivity contribution is 0.112. The second-order valence-electron chi connectivity index (χ2n) is 5.06. The van der Waals surface area contributed by atoms with E-state index < -0.39 is 0 Å². The highest BCUT2D eigenvalue weighted by molar-refractivity contribution is 5.78. The third-order valence-corrected chi connectivity index (χ3v) is 3.97. The molecule has 0 aromatic heterocycles. The van der Waals surface area contributed by atoms with Gasteiger partial charge in [-0.15, -0.1) is 0 Å². The van der Waals surface area contributed by atoms with E-state index >= 15 is 0 Å². The first-order valence-electron chi connectivity index (χ1n) is 6.28.